The first-order valence-electron chi connectivity index (χ1n) is 3.96. The van der Waals surface area contributed by atoms with E-state index in [0.717, 1.165) is 11.3 Å². The summed E-state index contributed by atoms with van der Waals surface area (Å²) >= 11 is 1.12. The highest BCUT2D eigenvalue weighted by molar-refractivity contribution is 7.17. The molecule has 1 rings (SSSR count). The summed E-state index contributed by atoms with van der Waals surface area (Å²) in [4.78, 5) is 16.6. The molecule has 0 fully saturated rings. The van der Waals surface area contributed by atoms with Gasteiger partial charge in [0.25, 0.3) is 6.43 Å². The van der Waals surface area contributed by atoms with E-state index in [-0.39, 0.29) is 12.3 Å². The molecule has 0 aliphatic heterocycles. The highest BCUT2D eigenvalue weighted by Gasteiger charge is 2.13. The van der Waals surface area contributed by atoms with E-state index in [2.05, 4.69) is 4.98 Å². The maximum Gasteiger partial charge on any atom is 0.255 e. The summed E-state index contributed by atoms with van der Waals surface area (Å²) in [6.07, 6.45) is -0.991. The van der Waals surface area contributed by atoms with E-state index in [1.807, 2.05) is 0 Å². The average Bonchev–Trinajstić information content (AvgIpc) is 2.50. The van der Waals surface area contributed by atoms with Crippen LogP contribution in [0.5, 0.6) is 0 Å². The van der Waals surface area contributed by atoms with E-state index in [4.69, 9.17) is 0 Å². The molecule has 0 amide bonds. The zero-order chi connectivity index (χ0) is 10.7. The van der Waals surface area contributed by atoms with Crippen LogP contribution < -0.4 is 4.90 Å². The first-order chi connectivity index (χ1) is 6.50. The Balaban J connectivity index is 2.71. The van der Waals surface area contributed by atoms with Crippen LogP contribution in [-0.4, -0.2) is 30.8 Å². The largest absolute Gasteiger partial charge is 0.345 e. The number of ketones is 1. The number of halogens is 2. The molecule has 1 aromatic heterocycles. The molecule has 0 radical (unpaired) electrons. The Hall–Kier alpha value is -1.04. The molecule has 0 bridgehead atoms. The summed E-state index contributed by atoms with van der Waals surface area (Å²) in [6, 6.07) is 0. The Morgan fingerprint density at radius 1 is 1.71 bits per heavy atom. The average molecular weight is 220 g/mol. The number of hydrogen-bond acceptors (Lipinski definition) is 4. The number of carbonyl (C=O) groups is 1. The van der Waals surface area contributed by atoms with Gasteiger partial charge >= 0.3 is 0 Å². The maximum absolute atomic E-state index is 12.0. The molecule has 0 N–H and O–H groups in total. The Bertz CT molecular complexity index is 327. The standard InChI is InChI=1S/C8H10F2N2OS/c1-5(13)6-3-11-8(14-6)12(2)4-7(9)10/h3,7H,4H2,1-2H3. The van der Waals surface area contributed by atoms with Crippen molar-refractivity contribution in [2.45, 2.75) is 13.3 Å². The molecule has 3 nitrogen and oxygen atoms in total. The van der Waals surface area contributed by atoms with Crippen LogP contribution in [0.2, 0.25) is 0 Å². The lowest BCUT2D eigenvalue weighted by Crippen LogP contribution is -2.23. The molecule has 1 heterocycles. The van der Waals surface area contributed by atoms with Gasteiger partial charge in [0, 0.05) is 14.0 Å². The van der Waals surface area contributed by atoms with Crippen LogP contribution in [0.25, 0.3) is 0 Å². The summed E-state index contributed by atoms with van der Waals surface area (Å²) < 4.78 is 24.0. The van der Waals surface area contributed by atoms with Crippen LogP contribution in [-0.2, 0) is 0 Å². The Kier molecular flexibility index (Phi) is 3.51. The predicted molar refractivity (Wildman–Crippen MR) is 51.4 cm³/mol. The lowest BCUT2D eigenvalue weighted by atomic mass is 10.4. The van der Waals surface area contributed by atoms with E-state index >= 15 is 0 Å². The predicted octanol–water partition coefficient (Wildman–Crippen LogP) is 2.05. The molecule has 14 heavy (non-hydrogen) atoms. The van der Waals surface area contributed by atoms with Crippen LogP contribution >= 0.6 is 11.3 Å². The van der Waals surface area contributed by atoms with Gasteiger partial charge < -0.3 is 4.90 Å². The summed E-state index contributed by atoms with van der Waals surface area (Å²) in [7, 11) is 1.52. The second-order valence-electron chi connectivity index (χ2n) is 2.83. The van der Waals surface area contributed by atoms with Gasteiger partial charge in [-0.25, -0.2) is 13.8 Å². The van der Waals surface area contributed by atoms with Gasteiger partial charge in [-0.15, -0.1) is 0 Å². The number of rotatable bonds is 4. The van der Waals surface area contributed by atoms with Crippen molar-refractivity contribution in [2.24, 2.45) is 0 Å². The third-order valence-corrected chi connectivity index (χ3v) is 2.79. The van der Waals surface area contributed by atoms with Gasteiger partial charge in [0.05, 0.1) is 17.6 Å². The van der Waals surface area contributed by atoms with Gasteiger partial charge in [-0.05, 0) is 0 Å². The molecular formula is C8H10F2N2OS. The summed E-state index contributed by atoms with van der Waals surface area (Å²) in [6.45, 7) is 1.05. The fraction of sp³-hybridized carbons (Fsp3) is 0.500. The SMILES string of the molecule is CC(=O)c1cnc(N(C)CC(F)F)s1. The number of carbonyl (C=O) groups excluding carboxylic acids is 1. The summed E-state index contributed by atoms with van der Waals surface area (Å²) in [5.41, 5.74) is 0. The third-order valence-electron chi connectivity index (χ3n) is 1.58. The van der Waals surface area contributed by atoms with Crippen molar-refractivity contribution in [1.82, 2.24) is 4.98 Å². The van der Waals surface area contributed by atoms with Gasteiger partial charge in [0.15, 0.2) is 10.9 Å². The van der Waals surface area contributed by atoms with Gasteiger partial charge in [-0.2, -0.15) is 0 Å². The zero-order valence-corrected chi connectivity index (χ0v) is 8.65. The Morgan fingerprint density at radius 2 is 2.36 bits per heavy atom. The third kappa shape index (κ3) is 2.73. The second kappa shape index (κ2) is 4.45. The quantitative estimate of drug-likeness (QED) is 0.728. The first-order valence-corrected chi connectivity index (χ1v) is 4.78. The van der Waals surface area contributed by atoms with Crippen LogP contribution in [0.15, 0.2) is 6.20 Å². The van der Waals surface area contributed by atoms with Crippen molar-refractivity contribution in [2.75, 3.05) is 18.5 Å². The molecule has 6 heteroatoms. The van der Waals surface area contributed by atoms with Gasteiger partial charge in [-0.3, -0.25) is 4.79 Å². The van der Waals surface area contributed by atoms with E-state index in [9.17, 15) is 13.6 Å². The van der Waals surface area contributed by atoms with Crippen molar-refractivity contribution < 1.29 is 13.6 Å². The molecule has 78 valence electrons. The van der Waals surface area contributed by atoms with Crippen molar-refractivity contribution >= 4 is 22.3 Å². The first kappa shape index (κ1) is 11.0. The monoisotopic (exact) mass is 220 g/mol. The number of hydrogen-bond donors (Lipinski definition) is 0. The Morgan fingerprint density at radius 3 is 2.79 bits per heavy atom. The minimum Gasteiger partial charge on any atom is -0.345 e. The number of nitrogens with zero attached hydrogens (tertiary/aromatic N) is 2. The summed E-state index contributed by atoms with van der Waals surface area (Å²) in [5.74, 6) is -0.0980. The van der Waals surface area contributed by atoms with Gasteiger partial charge in [0.1, 0.15) is 0 Å². The minimum atomic E-state index is -2.40. The van der Waals surface area contributed by atoms with Crippen LogP contribution in [0.4, 0.5) is 13.9 Å². The van der Waals surface area contributed by atoms with E-state index in [1.165, 1.54) is 25.1 Å². The van der Waals surface area contributed by atoms with Crippen molar-refractivity contribution in [3.05, 3.63) is 11.1 Å². The number of anilines is 1. The number of aromatic nitrogens is 1. The highest BCUT2D eigenvalue weighted by atomic mass is 32.1. The fourth-order valence-electron chi connectivity index (χ4n) is 0.889. The van der Waals surface area contributed by atoms with Crippen LogP contribution in [0.3, 0.4) is 0 Å². The molecule has 0 unspecified atom stereocenters. The second-order valence-corrected chi connectivity index (χ2v) is 3.84. The number of thiazole rings is 1. The number of alkyl halides is 2. The van der Waals surface area contributed by atoms with Crippen LogP contribution in [0, 0.1) is 0 Å². The van der Waals surface area contributed by atoms with E-state index in [0.29, 0.717) is 10.0 Å². The molecule has 0 atom stereocenters. The minimum absolute atomic E-state index is 0.0980. The number of Topliss-reactive ketones (excluding diaryl/α,β-unsaturated/α-hetero) is 1. The zero-order valence-electron chi connectivity index (χ0n) is 7.83. The lowest BCUT2D eigenvalue weighted by molar-refractivity contribution is 0.102. The molecule has 1 aromatic rings. The van der Waals surface area contributed by atoms with E-state index < -0.39 is 6.43 Å². The van der Waals surface area contributed by atoms with Gasteiger partial charge in [0.2, 0.25) is 0 Å². The molecule has 0 saturated heterocycles. The smallest absolute Gasteiger partial charge is 0.255 e. The van der Waals surface area contributed by atoms with Crippen LogP contribution in [0.1, 0.15) is 16.6 Å². The fourth-order valence-corrected chi connectivity index (χ4v) is 1.67. The molecule has 0 aromatic carbocycles. The molecule has 0 spiro atoms. The normalized spacial score (nSPS) is 10.6. The topological polar surface area (TPSA) is 33.2 Å². The molecular weight excluding hydrogens is 210 g/mol. The summed E-state index contributed by atoms with van der Waals surface area (Å²) in [5, 5.41) is 0.440. The van der Waals surface area contributed by atoms with Gasteiger partial charge in [-0.1, -0.05) is 11.3 Å². The van der Waals surface area contributed by atoms with E-state index in [1.54, 1.807) is 0 Å². The van der Waals surface area contributed by atoms with Crippen molar-refractivity contribution in [3.63, 3.8) is 0 Å². The van der Waals surface area contributed by atoms with Crippen molar-refractivity contribution in [1.29, 1.82) is 0 Å². The van der Waals surface area contributed by atoms with Crippen molar-refractivity contribution in [3.8, 4) is 0 Å². The lowest BCUT2D eigenvalue weighted by Gasteiger charge is -2.13. The maximum atomic E-state index is 12.0. The highest BCUT2D eigenvalue weighted by Crippen LogP contribution is 2.22. The molecule has 0 aliphatic rings. The molecule has 0 saturated carbocycles. The molecule has 0 aliphatic carbocycles. The Labute approximate surface area is 84.4 Å².